The number of ketones is 2. The normalized spacial score (nSPS) is 17.8. The van der Waals surface area contributed by atoms with Crippen LogP contribution in [0.25, 0.3) is 0 Å². The Hall–Kier alpha value is -6.39. The topological polar surface area (TPSA) is 296 Å². The number of unbranched alkanes of at least 4 members (excludes halogenated alkanes) is 1. The van der Waals surface area contributed by atoms with E-state index in [2.05, 4.69) is 34.7 Å². The van der Waals surface area contributed by atoms with Gasteiger partial charge in [0.25, 0.3) is 11.8 Å². The number of carbonyl (C=O) groups is 11. The fourth-order valence-corrected chi connectivity index (χ4v) is 12.1. The molecule has 11 atom stereocenters. The smallest absolute Gasteiger partial charge is 0.326 e. The first-order valence-electron chi connectivity index (χ1n) is 31.3. The maximum absolute atomic E-state index is 14.8. The SMILES string of the molecule is CC[C@H](C)[C@@H]([C@@H](CC(=O)N1CCC[C@H]1[C@H](OC)[C@@H](C)C(=O)N[C@@H](Cc1ccccc1)C(=O)C[C@@H](CCC(=O)O)C(=O)N[C@@H](CCCCNC(=O)CCN1C(=O)C=CC1=O)C(=O)O)OC)N(C)C(=O)[C@@H](CC(=O)[C@H](C(C)C)N(C)CCCC(C)C)C(C)C. The highest BCUT2D eigenvalue weighted by atomic mass is 16.5. The number of ether oxygens (including phenoxy) is 2. The molecule has 3 rings (SSSR count). The minimum atomic E-state index is -1.43. The second-order valence-corrected chi connectivity index (χ2v) is 25.0. The average molecular weight is 1220 g/mol. The molecule has 0 unspecified atom stereocenters. The summed E-state index contributed by atoms with van der Waals surface area (Å²) in [6, 6.07) is 4.71. The van der Waals surface area contributed by atoms with Crippen molar-refractivity contribution in [3.05, 3.63) is 48.0 Å². The molecule has 0 saturated carbocycles. The minimum absolute atomic E-state index is 0.00754. The lowest BCUT2D eigenvalue weighted by Crippen LogP contribution is -2.55. The second kappa shape index (κ2) is 37.5. The van der Waals surface area contributed by atoms with Gasteiger partial charge in [-0.25, -0.2) is 4.79 Å². The first-order chi connectivity index (χ1) is 41.1. The van der Waals surface area contributed by atoms with Gasteiger partial charge in [-0.15, -0.1) is 0 Å². The van der Waals surface area contributed by atoms with Crippen molar-refractivity contribution >= 4 is 64.9 Å². The first kappa shape index (κ1) is 74.9. The number of hydrogen-bond acceptors (Lipinski definition) is 14. The summed E-state index contributed by atoms with van der Waals surface area (Å²) in [5.74, 6) is -9.07. The van der Waals surface area contributed by atoms with Crippen molar-refractivity contribution in [2.75, 3.05) is 54.5 Å². The van der Waals surface area contributed by atoms with E-state index in [-0.39, 0.29) is 99.4 Å². The Morgan fingerprint density at radius 3 is 1.94 bits per heavy atom. The lowest BCUT2D eigenvalue weighted by Gasteiger charge is -2.41. The molecular formula is C65H103N7O15. The van der Waals surface area contributed by atoms with E-state index < -0.39 is 114 Å². The lowest BCUT2D eigenvalue weighted by atomic mass is 9.83. The monoisotopic (exact) mass is 1220 g/mol. The third kappa shape index (κ3) is 23.6. The zero-order valence-corrected chi connectivity index (χ0v) is 54.0. The fraction of sp³-hybridized carbons (Fsp3) is 0.708. The molecule has 0 spiro atoms. The number of benzene rings is 1. The molecule has 2 aliphatic rings. The molecule has 0 radical (unpaired) electrons. The van der Waals surface area contributed by atoms with E-state index in [9.17, 15) is 63.0 Å². The number of carbonyl (C=O) groups excluding carboxylic acids is 9. The predicted molar refractivity (Wildman–Crippen MR) is 328 cm³/mol. The molecule has 488 valence electrons. The molecule has 0 aromatic heterocycles. The van der Waals surface area contributed by atoms with E-state index in [0.29, 0.717) is 43.7 Å². The van der Waals surface area contributed by atoms with Crippen molar-refractivity contribution < 1.29 is 72.4 Å². The molecular weight excluding hydrogens is 1120 g/mol. The number of likely N-dealkylation sites (tertiary alicyclic amines) is 1. The van der Waals surface area contributed by atoms with E-state index in [1.54, 1.807) is 54.1 Å². The van der Waals surface area contributed by atoms with Gasteiger partial charge in [-0.2, -0.15) is 0 Å². The van der Waals surface area contributed by atoms with Crippen LogP contribution < -0.4 is 16.0 Å². The van der Waals surface area contributed by atoms with Gasteiger partial charge in [-0.1, -0.05) is 99.1 Å². The van der Waals surface area contributed by atoms with Gasteiger partial charge in [0.1, 0.15) is 6.04 Å². The number of carboxylic acid groups (broad SMARTS) is 2. The van der Waals surface area contributed by atoms with Crippen LogP contribution in [0.3, 0.4) is 0 Å². The van der Waals surface area contributed by atoms with Crippen LogP contribution in [0.1, 0.15) is 158 Å². The van der Waals surface area contributed by atoms with Crippen molar-refractivity contribution in [2.24, 2.45) is 41.4 Å². The van der Waals surface area contributed by atoms with Gasteiger partial charge in [0, 0.05) is 90.6 Å². The molecule has 87 heavy (non-hydrogen) atoms. The standard InChI is InChI=1S/C65H103N7O15/c1-14-43(8)60(70(11)64(83)47(41(4)5)38-52(74)59(42(6)7)69(10)33-20-22-40(2)3)53(86-12)39-57(78)71-34-21-26-50(71)61(87-13)44(9)62(81)68-49(36-45-23-16-15-17-24-45)51(73)37-46(27-30-58(79)80)63(82)67-48(65(84)85)25-18-19-32-66-54(75)31-35-72-55(76)28-29-56(72)77/h15-17,23-24,28-29,40-44,46-50,53,59-61H,14,18-22,25-27,30-39H2,1-13H3,(H,66,75)(H,67,82)(H,68,81)(H,79,80)(H,84,85)/t43-,44+,46+,47-,48-,49-,50-,53+,59-,60-,61+/m0/s1. The Balaban J connectivity index is 1.79. The highest BCUT2D eigenvalue weighted by molar-refractivity contribution is 6.13. The van der Waals surface area contributed by atoms with Gasteiger partial charge < -0.3 is 45.4 Å². The van der Waals surface area contributed by atoms with E-state index in [4.69, 9.17) is 9.47 Å². The number of nitrogens with zero attached hydrogens (tertiary/aromatic N) is 4. The summed E-state index contributed by atoms with van der Waals surface area (Å²) in [5.41, 5.74) is 0.668. The van der Waals surface area contributed by atoms with Crippen LogP contribution in [-0.2, 0) is 68.6 Å². The Morgan fingerprint density at radius 1 is 0.736 bits per heavy atom. The van der Waals surface area contributed by atoms with Crippen LogP contribution >= 0.6 is 0 Å². The van der Waals surface area contributed by atoms with Crippen molar-refractivity contribution in [2.45, 2.75) is 201 Å². The summed E-state index contributed by atoms with van der Waals surface area (Å²) in [5, 5.41) is 27.8. The largest absolute Gasteiger partial charge is 0.481 e. The summed E-state index contributed by atoms with van der Waals surface area (Å²) in [6.07, 6.45) is 3.35. The number of Topliss-reactive ketones (excluding diaryl/α,β-unsaturated/α-hetero) is 2. The third-order valence-electron chi connectivity index (χ3n) is 17.4. The summed E-state index contributed by atoms with van der Waals surface area (Å²) < 4.78 is 12.2. The van der Waals surface area contributed by atoms with Crippen LogP contribution in [0.15, 0.2) is 42.5 Å². The Bertz CT molecular complexity index is 2470. The highest BCUT2D eigenvalue weighted by Crippen LogP contribution is 2.32. The Labute approximate surface area is 516 Å². The zero-order valence-electron chi connectivity index (χ0n) is 54.0. The molecule has 2 heterocycles. The number of aliphatic carboxylic acids is 2. The molecule has 2 aliphatic heterocycles. The lowest BCUT2D eigenvalue weighted by molar-refractivity contribution is -0.149. The van der Waals surface area contributed by atoms with Crippen LogP contribution in [-0.4, -0.2) is 192 Å². The maximum atomic E-state index is 14.8. The molecule has 0 aliphatic carbocycles. The van der Waals surface area contributed by atoms with Gasteiger partial charge in [-0.05, 0) is 101 Å². The van der Waals surface area contributed by atoms with E-state index in [1.807, 2.05) is 48.6 Å². The Kier molecular flexibility index (Phi) is 32.2. The van der Waals surface area contributed by atoms with Crippen molar-refractivity contribution in [3.8, 4) is 0 Å². The average Bonchev–Trinajstić information content (AvgIpc) is 3.98. The van der Waals surface area contributed by atoms with E-state index >= 15 is 0 Å². The fourth-order valence-electron chi connectivity index (χ4n) is 12.1. The predicted octanol–water partition coefficient (Wildman–Crippen LogP) is 5.87. The van der Waals surface area contributed by atoms with Crippen molar-refractivity contribution in [1.29, 1.82) is 0 Å². The molecule has 22 nitrogen and oxygen atoms in total. The molecule has 1 fully saturated rings. The van der Waals surface area contributed by atoms with E-state index in [1.165, 1.54) is 14.2 Å². The van der Waals surface area contributed by atoms with Gasteiger partial charge in [0.05, 0.1) is 48.7 Å². The molecule has 22 heteroatoms. The molecule has 0 bridgehead atoms. The number of imide groups is 1. The molecule has 1 aromatic carbocycles. The molecule has 7 amide bonds. The minimum Gasteiger partial charge on any atom is -0.481 e. The van der Waals surface area contributed by atoms with Gasteiger partial charge >= 0.3 is 11.9 Å². The number of nitrogens with one attached hydrogen (secondary N) is 3. The van der Waals surface area contributed by atoms with Crippen molar-refractivity contribution in [3.63, 3.8) is 0 Å². The second-order valence-electron chi connectivity index (χ2n) is 25.0. The van der Waals surface area contributed by atoms with Crippen LogP contribution in [0.5, 0.6) is 0 Å². The van der Waals surface area contributed by atoms with Crippen LogP contribution in [0, 0.1) is 41.4 Å². The first-order valence-corrected chi connectivity index (χ1v) is 31.3. The van der Waals surface area contributed by atoms with Gasteiger partial charge in [-0.3, -0.25) is 57.7 Å². The van der Waals surface area contributed by atoms with Crippen LogP contribution in [0.2, 0.25) is 0 Å². The van der Waals surface area contributed by atoms with E-state index in [0.717, 1.165) is 36.4 Å². The van der Waals surface area contributed by atoms with Crippen molar-refractivity contribution in [1.82, 2.24) is 35.6 Å². The summed E-state index contributed by atoms with van der Waals surface area (Å²) >= 11 is 0. The summed E-state index contributed by atoms with van der Waals surface area (Å²) in [7, 11) is 6.69. The van der Waals surface area contributed by atoms with Gasteiger partial charge in [0.2, 0.25) is 29.5 Å². The van der Waals surface area contributed by atoms with Crippen LogP contribution in [0.4, 0.5) is 0 Å². The number of hydrogen-bond donors (Lipinski definition) is 5. The zero-order chi connectivity index (χ0) is 65.2. The number of rotatable bonds is 42. The Morgan fingerprint density at radius 2 is 1.38 bits per heavy atom. The number of methoxy groups -OCH3 is 2. The summed E-state index contributed by atoms with van der Waals surface area (Å²) in [4.78, 5) is 153. The quantitative estimate of drug-likeness (QED) is 0.0378. The maximum Gasteiger partial charge on any atom is 0.326 e. The highest BCUT2D eigenvalue weighted by Gasteiger charge is 2.44. The number of carboxylic acids is 2. The molecule has 5 N–H and O–H groups in total. The van der Waals surface area contributed by atoms with Gasteiger partial charge in [0.15, 0.2) is 11.6 Å². The molecule has 1 aromatic rings. The molecule has 1 saturated heterocycles. The number of amides is 7. The third-order valence-corrected chi connectivity index (χ3v) is 17.4. The summed E-state index contributed by atoms with van der Waals surface area (Å²) in [6.45, 7) is 19.2. The number of likely N-dealkylation sites (N-methyl/N-ethyl adjacent to an activating group) is 2.